The number of nitrogens with zero attached hydrogens (tertiary/aromatic N) is 4. The van der Waals surface area contributed by atoms with E-state index in [2.05, 4.69) is 9.80 Å². The van der Waals surface area contributed by atoms with Gasteiger partial charge in [0.25, 0.3) is 0 Å². The Hall–Kier alpha value is 0.600. The third-order valence-electron chi connectivity index (χ3n) is 5.23. The van der Waals surface area contributed by atoms with E-state index in [0.29, 0.717) is 52.4 Å². The molecule has 4 atom stereocenters. The molecular weight excluding hydrogens is 500 g/mol. The van der Waals surface area contributed by atoms with Gasteiger partial charge in [0.1, 0.15) is 11.8 Å². The number of rotatable bonds is 8. The molecule has 0 aliphatic carbocycles. The lowest BCUT2D eigenvalue weighted by molar-refractivity contribution is 0.194. The molecule has 0 bridgehead atoms. The quantitative estimate of drug-likeness (QED) is 0.317. The second-order valence-corrected chi connectivity index (χ2v) is 16.7. The zero-order valence-corrected chi connectivity index (χ0v) is 22.8. The van der Waals surface area contributed by atoms with Crippen molar-refractivity contribution in [2.75, 3.05) is 90.8 Å². The van der Waals surface area contributed by atoms with Crippen molar-refractivity contribution in [1.82, 2.24) is 19.6 Å². The number of likely N-dealkylation sites (N-methyl/N-ethyl adjacent to an activating group) is 2. The van der Waals surface area contributed by atoms with Gasteiger partial charge in [0.2, 0.25) is 14.7 Å². The van der Waals surface area contributed by atoms with Gasteiger partial charge in [-0.2, -0.15) is 0 Å². The molecule has 32 heavy (non-hydrogen) atoms. The second kappa shape index (κ2) is 14.9. The fourth-order valence-corrected chi connectivity index (χ4v) is 9.63. The molecule has 0 aromatic rings. The van der Waals surface area contributed by atoms with Crippen LogP contribution in [0, 0.1) is 0 Å². The highest BCUT2D eigenvalue weighted by Gasteiger charge is 2.26. The van der Waals surface area contributed by atoms with Crippen LogP contribution in [0.15, 0.2) is 0 Å². The molecule has 0 amide bonds. The molecule has 12 nitrogen and oxygen atoms in total. The van der Waals surface area contributed by atoms with Gasteiger partial charge in [0.05, 0.1) is 12.6 Å². The van der Waals surface area contributed by atoms with Crippen molar-refractivity contribution in [1.29, 1.82) is 0 Å². The van der Waals surface area contributed by atoms with Gasteiger partial charge in [-0.1, -0.05) is 0 Å². The minimum atomic E-state index is -3.70. The van der Waals surface area contributed by atoms with E-state index in [4.69, 9.17) is 9.79 Å². The third kappa shape index (κ3) is 14.8. The summed E-state index contributed by atoms with van der Waals surface area (Å²) in [5.41, 5.74) is 0. The minimum absolute atomic E-state index is 0.102. The highest BCUT2D eigenvalue weighted by atomic mass is 31.2. The van der Waals surface area contributed by atoms with Crippen LogP contribution in [0.2, 0.25) is 0 Å². The summed E-state index contributed by atoms with van der Waals surface area (Å²) in [5.74, 6) is -1.11. The van der Waals surface area contributed by atoms with Gasteiger partial charge in [0, 0.05) is 26.2 Å². The first-order valence-electron chi connectivity index (χ1n) is 10.6. The lowest BCUT2D eigenvalue weighted by atomic mass is 10.3. The standard InChI is InChI=1S/C16H40N4O8P4/c1-17-5-3-7-20(14-32(27,28)16-30(23)24)12-10-18(2)6-4-8-19(11-9-17)13-31(25,26)15-29(21)22/h29-30H,3-16H2,1-2H3,(H,21,22)(H,23,24)(H,25,26)(H,27,28). The van der Waals surface area contributed by atoms with Crippen LogP contribution in [-0.4, -0.2) is 130 Å². The molecule has 16 heteroatoms. The van der Waals surface area contributed by atoms with Gasteiger partial charge in [-0.15, -0.1) is 0 Å². The SMILES string of the molecule is CN1CCCN(CP(=O)(O)C[PH](=O)O)CCN(C)CCCN(CP(=O)(O)C[PH](=O)O)CC1. The summed E-state index contributed by atoms with van der Waals surface area (Å²) in [4.78, 5) is 46.2. The highest BCUT2D eigenvalue weighted by Crippen LogP contribution is 2.48. The average Bonchev–Trinajstić information content (AvgIpc) is 2.60. The molecule has 192 valence electrons. The van der Waals surface area contributed by atoms with Crippen LogP contribution >= 0.6 is 30.8 Å². The molecule has 0 saturated carbocycles. The molecule has 1 rings (SSSR count). The molecule has 0 aromatic carbocycles. The van der Waals surface area contributed by atoms with E-state index < -0.39 is 42.6 Å². The summed E-state index contributed by atoms with van der Waals surface area (Å²) in [6.07, 6.45) is 1.27. The van der Waals surface area contributed by atoms with Crippen molar-refractivity contribution in [3.63, 3.8) is 0 Å². The van der Waals surface area contributed by atoms with E-state index in [0.717, 1.165) is 12.8 Å². The molecule has 1 heterocycles. The Morgan fingerprint density at radius 3 is 1.31 bits per heavy atom. The van der Waals surface area contributed by atoms with Crippen molar-refractivity contribution in [3.8, 4) is 0 Å². The second-order valence-electron chi connectivity index (χ2n) is 8.63. The average molecular weight is 540 g/mol. The van der Waals surface area contributed by atoms with E-state index in [1.807, 2.05) is 23.9 Å². The van der Waals surface area contributed by atoms with E-state index >= 15 is 0 Å². The van der Waals surface area contributed by atoms with Crippen molar-refractivity contribution in [2.45, 2.75) is 12.8 Å². The minimum Gasteiger partial charge on any atom is -0.346 e. The van der Waals surface area contributed by atoms with Gasteiger partial charge in [-0.25, -0.2) is 0 Å². The van der Waals surface area contributed by atoms with Crippen LogP contribution in [0.1, 0.15) is 12.8 Å². The van der Waals surface area contributed by atoms with E-state index in [9.17, 15) is 28.0 Å². The molecule has 1 aliphatic heterocycles. The first kappa shape index (κ1) is 30.6. The van der Waals surface area contributed by atoms with Gasteiger partial charge in [-0.3, -0.25) is 28.1 Å². The fraction of sp³-hybridized carbons (Fsp3) is 1.00. The Balaban J connectivity index is 2.74. The fourth-order valence-electron chi connectivity index (χ4n) is 3.63. The zero-order chi connectivity index (χ0) is 24.4. The Morgan fingerprint density at radius 2 is 1.00 bits per heavy atom. The molecule has 4 N–H and O–H groups in total. The third-order valence-corrected chi connectivity index (χ3v) is 13.0. The molecule has 1 saturated heterocycles. The Kier molecular flexibility index (Phi) is 14.2. The van der Waals surface area contributed by atoms with E-state index in [1.54, 1.807) is 0 Å². The molecule has 1 fully saturated rings. The maximum Gasteiger partial charge on any atom is 0.223 e. The summed E-state index contributed by atoms with van der Waals surface area (Å²) in [5, 5.41) is 0. The smallest absolute Gasteiger partial charge is 0.223 e. The van der Waals surface area contributed by atoms with Crippen molar-refractivity contribution >= 4 is 30.8 Å². The summed E-state index contributed by atoms with van der Waals surface area (Å²) < 4.78 is 46.7. The summed E-state index contributed by atoms with van der Waals surface area (Å²) in [7, 11) is -9.57. The molecule has 1 aliphatic rings. The molecular formula is C16H40N4O8P4. The molecule has 0 aromatic heterocycles. The van der Waals surface area contributed by atoms with Gasteiger partial charge in [-0.05, 0) is 53.1 Å². The topological polar surface area (TPSA) is 162 Å². The number of hydrogen-bond acceptors (Lipinski definition) is 8. The van der Waals surface area contributed by atoms with Gasteiger partial charge >= 0.3 is 0 Å². The number of hydrogen-bond donors (Lipinski definition) is 4. The Morgan fingerprint density at radius 1 is 0.656 bits per heavy atom. The molecule has 0 spiro atoms. The molecule has 0 radical (unpaired) electrons. The summed E-state index contributed by atoms with van der Waals surface area (Å²) >= 11 is 0. The Bertz CT molecular complexity index is 658. The van der Waals surface area contributed by atoms with Gasteiger partial charge in [0.15, 0.2) is 16.1 Å². The monoisotopic (exact) mass is 540 g/mol. The van der Waals surface area contributed by atoms with E-state index in [-0.39, 0.29) is 12.6 Å². The Labute approximate surface area is 192 Å². The predicted molar refractivity (Wildman–Crippen MR) is 129 cm³/mol. The first-order chi connectivity index (χ1) is 14.8. The van der Waals surface area contributed by atoms with Crippen molar-refractivity contribution < 1.29 is 37.8 Å². The summed E-state index contributed by atoms with van der Waals surface area (Å²) in [6.45, 7) is 4.99. The maximum atomic E-state index is 12.3. The zero-order valence-electron chi connectivity index (χ0n) is 19.0. The van der Waals surface area contributed by atoms with Crippen molar-refractivity contribution in [2.24, 2.45) is 0 Å². The van der Waals surface area contributed by atoms with E-state index in [1.165, 1.54) is 0 Å². The van der Waals surface area contributed by atoms with Crippen molar-refractivity contribution in [3.05, 3.63) is 0 Å². The van der Waals surface area contributed by atoms with Gasteiger partial charge < -0.3 is 29.4 Å². The normalized spacial score (nSPS) is 25.9. The van der Waals surface area contributed by atoms with Crippen LogP contribution < -0.4 is 0 Å². The maximum absolute atomic E-state index is 12.3. The molecule has 4 unspecified atom stereocenters. The van der Waals surface area contributed by atoms with Crippen LogP contribution in [0.5, 0.6) is 0 Å². The van der Waals surface area contributed by atoms with Crippen LogP contribution in [0.4, 0.5) is 0 Å². The highest BCUT2D eigenvalue weighted by molar-refractivity contribution is 7.68. The predicted octanol–water partition coefficient (Wildman–Crippen LogP) is 0.553. The summed E-state index contributed by atoms with van der Waals surface area (Å²) in [6, 6.07) is 0. The van der Waals surface area contributed by atoms with Crippen LogP contribution in [0.25, 0.3) is 0 Å². The van der Waals surface area contributed by atoms with Crippen LogP contribution in [-0.2, 0) is 18.3 Å². The largest absolute Gasteiger partial charge is 0.346 e. The first-order valence-corrected chi connectivity index (χ1v) is 17.8. The lowest BCUT2D eigenvalue weighted by Crippen LogP contribution is -2.40. The lowest BCUT2D eigenvalue weighted by Gasteiger charge is -2.31. The van der Waals surface area contributed by atoms with Crippen LogP contribution in [0.3, 0.4) is 0 Å².